The van der Waals surface area contributed by atoms with E-state index in [1.165, 1.54) is 14.2 Å². The molecule has 92 valence electrons. The van der Waals surface area contributed by atoms with E-state index in [-0.39, 0.29) is 5.92 Å². The summed E-state index contributed by atoms with van der Waals surface area (Å²) in [5.41, 5.74) is 0. The summed E-state index contributed by atoms with van der Waals surface area (Å²) in [5.74, 6) is -2.23. The molecule has 2 atom stereocenters. The van der Waals surface area contributed by atoms with Crippen molar-refractivity contribution >= 4 is 11.9 Å². The first-order valence-electron chi connectivity index (χ1n) is 5.43. The summed E-state index contributed by atoms with van der Waals surface area (Å²) in [6, 6.07) is 0. The monoisotopic (exact) mass is 230 g/mol. The molecule has 0 saturated heterocycles. The minimum Gasteiger partial charge on any atom is -0.468 e. The van der Waals surface area contributed by atoms with Gasteiger partial charge in [-0.2, -0.15) is 0 Å². The number of aliphatic hydroxyl groups is 1. The first-order chi connectivity index (χ1) is 7.60. The molecule has 0 spiro atoms. The van der Waals surface area contributed by atoms with Crippen LogP contribution in [-0.2, 0) is 19.1 Å². The third kappa shape index (κ3) is 2.95. The van der Waals surface area contributed by atoms with E-state index in [9.17, 15) is 14.7 Å². The van der Waals surface area contributed by atoms with E-state index >= 15 is 0 Å². The summed E-state index contributed by atoms with van der Waals surface area (Å²) in [6.07, 6.45) is 2.30. The van der Waals surface area contributed by atoms with Gasteiger partial charge in [-0.05, 0) is 25.2 Å². The topological polar surface area (TPSA) is 72.8 Å². The Morgan fingerprint density at radius 1 is 1.19 bits per heavy atom. The highest BCUT2D eigenvalue weighted by atomic mass is 16.5. The molecule has 1 aliphatic carbocycles. The molecule has 0 aromatic carbocycles. The molecule has 0 amide bonds. The van der Waals surface area contributed by atoms with Crippen LogP contribution in [0.5, 0.6) is 0 Å². The molecule has 0 radical (unpaired) electrons. The Bertz CT molecular complexity index is 247. The molecule has 0 unspecified atom stereocenters. The summed E-state index contributed by atoms with van der Waals surface area (Å²) in [6.45, 7) is 0. The molecule has 0 aliphatic heterocycles. The molecule has 1 aliphatic rings. The average Bonchev–Trinajstić information content (AvgIpc) is 2.29. The highest BCUT2D eigenvalue weighted by Crippen LogP contribution is 2.31. The van der Waals surface area contributed by atoms with Crippen molar-refractivity contribution in [3.63, 3.8) is 0 Å². The maximum Gasteiger partial charge on any atom is 0.320 e. The molecule has 1 N–H and O–H groups in total. The lowest BCUT2D eigenvalue weighted by atomic mass is 9.78. The van der Waals surface area contributed by atoms with Gasteiger partial charge < -0.3 is 14.6 Å². The van der Waals surface area contributed by atoms with Gasteiger partial charge in [0.2, 0.25) is 0 Å². The van der Waals surface area contributed by atoms with Crippen molar-refractivity contribution in [2.75, 3.05) is 14.2 Å². The van der Waals surface area contributed by atoms with Crippen LogP contribution in [0.3, 0.4) is 0 Å². The number of carbonyl (C=O) groups excluding carboxylic acids is 2. The van der Waals surface area contributed by atoms with Crippen LogP contribution < -0.4 is 0 Å². The standard InChI is InChI=1S/C11H18O5/c1-15-10(13)9(11(14)16-2)7-4-3-5-8(12)6-7/h7-9,12H,3-6H2,1-2H3/t7-,8-/m0/s1. The second-order valence-corrected chi connectivity index (χ2v) is 4.10. The van der Waals surface area contributed by atoms with Crippen molar-refractivity contribution < 1.29 is 24.2 Å². The van der Waals surface area contributed by atoms with Crippen LogP contribution in [0.2, 0.25) is 0 Å². The van der Waals surface area contributed by atoms with Gasteiger partial charge in [-0.15, -0.1) is 0 Å². The van der Waals surface area contributed by atoms with E-state index in [0.29, 0.717) is 6.42 Å². The van der Waals surface area contributed by atoms with Crippen LogP contribution in [-0.4, -0.2) is 37.4 Å². The SMILES string of the molecule is COC(=O)C(C(=O)OC)[C@H]1CCC[C@H](O)C1. The highest BCUT2D eigenvalue weighted by molar-refractivity contribution is 5.95. The molecule has 1 saturated carbocycles. The van der Waals surface area contributed by atoms with Crippen molar-refractivity contribution in [3.8, 4) is 0 Å². The Morgan fingerprint density at radius 3 is 2.19 bits per heavy atom. The fourth-order valence-corrected chi connectivity index (χ4v) is 2.24. The summed E-state index contributed by atoms with van der Waals surface area (Å²) >= 11 is 0. The van der Waals surface area contributed by atoms with Gasteiger partial charge in [0.15, 0.2) is 5.92 Å². The van der Waals surface area contributed by atoms with Crippen LogP contribution in [0.4, 0.5) is 0 Å². The third-order valence-electron chi connectivity index (χ3n) is 3.07. The van der Waals surface area contributed by atoms with Crippen LogP contribution in [0.1, 0.15) is 25.7 Å². The lowest BCUT2D eigenvalue weighted by molar-refractivity contribution is -0.162. The van der Waals surface area contributed by atoms with Crippen molar-refractivity contribution in [3.05, 3.63) is 0 Å². The fraction of sp³-hybridized carbons (Fsp3) is 0.818. The van der Waals surface area contributed by atoms with Gasteiger partial charge in [0.25, 0.3) is 0 Å². The molecule has 1 fully saturated rings. The van der Waals surface area contributed by atoms with Crippen LogP contribution in [0.15, 0.2) is 0 Å². The minimum atomic E-state index is -0.898. The lowest BCUT2D eigenvalue weighted by Crippen LogP contribution is -2.37. The predicted octanol–water partition coefficient (Wildman–Crippen LogP) is 0.500. The van der Waals surface area contributed by atoms with Crippen molar-refractivity contribution in [2.24, 2.45) is 11.8 Å². The number of rotatable bonds is 3. The van der Waals surface area contributed by atoms with Gasteiger partial charge in [-0.25, -0.2) is 0 Å². The Hall–Kier alpha value is -1.10. The molecule has 0 aromatic rings. The van der Waals surface area contributed by atoms with Crippen LogP contribution >= 0.6 is 0 Å². The predicted molar refractivity (Wildman–Crippen MR) is 55.5 cm³/mol. The first kappa shape index (κ1) is 13.0. The molecule has 5 heteroatoms. The zero-order chi connectivity index (χ0) is 12.1. The minimum absolute atomic E-state index is 0.177. The number of esters is 2. The van der Waals surface area contributed by atoms with Gasteiger partial charge >= 0.3 is 11.9 Å². The molecule has 1 rings (SSSR count). The summed E-state index contributed by atoms with van der Waals surface area (Å²) in [7, 11) is 2.50. The Labute approximate surface area is 94.7 Å². The second kappa shape index (κ2) is 5.84. The van der Waals surface area contributed by atoms with Crippen molar-refractivity contribution in [1.29, 1.82) is 0 Å². The average molecular weight is 230 g/mol. The molecule has 0 bridgehead atoms. The molecule has 0 heterocycles. The van der Waals surface area contributed by atoms with Crippen molar-refractivity contribution in [1.82, 2.24) is 0 Å². The van der Waals surface area contributed by atoms with Crippen molar-refractivity contribution in [2.45, 2.75) is 31.8 Å². The van der Waals surface area contributed by atoms with Gasteiger partial charge in [0, 0.05) is 0 Å². The summed E-state index contributed by atoms with van der Waals surface area (Å²) in [5, 5.41) is 9.53. The zero-order valence-electron chi connectivity index (χ0n) is 9.64. The van der Waals surface area contributed by atoms with E-state index in [1.54, 1.807) is 0 Å². The van der Waals surface area contributed by atoms with Gasteiger partial charge in [-0.3, -0.25) is 9.59 Å². The van der Waals surface area contributed by atoms with Gasteiger partial charge in [-0.1, -0.05) is 6.42 Å². The van der Waals surface area contributed by atoms with E-state index in [2.05, 4.69) is 9.47 Å². The number of hydrogen-bond acceptors (Lipinski definition) is 5. The third-order valence-corrected chi connectivity index (χ3v) is 3.07. The van der Waals surface area contributed by atoms with Gasteiger partial charge in [0.05, 0.1) is 20.3 Å². The summed E-state index contributed by atoms with van der Waals surface area (Å²) in [4.78, 5) is 23.0. The maximum atomic E-state index is 11.5. The number of aliphatic hydroxyl groups excluding tert-OH is 1. The fourth-order valence-electron chi connectivity index (χ4n) is 2.24. The van der Waals surface area contributed by atoms with Crippen LogP contribution in [0.25, 0.3) is 0 Å². The maximum absolute atomic E-state index is 11.5. The number of carbonyl (C=O) groups is 2. The zero-order valence-corrected chi connectivity index (χ0v) is 9.64. The molecule has 16 heavy (non-hydrogen) atoms. The first-order valence-corrected chi connectivity index (χ1v) is 5.43. The Balaban J connectivity index is 2.75. The van der Waals surface area contributed by atoms with E-state index in [0.717, 1.165) is 19.3 Å². The Morgan fingerprint density at radius 2 is 1.75 bits per heavy atom. The molecular weight excluding hydrogens is 212 g/mol. The second-order valence-electron chi connectivity index (χ2n) is 4.10. The van der Waals surface area contributed by atoms with Crippen LogP contribution in [0, 0.1) is 11.8 Å². The largest absolute Gasteiger partial charge is 0.468 e. The van der Waals surface area contributed by atoms with E-state index < -0.39 is 24.0 Å². The molecule has 0 aromatic heterocycles. The van der Waals surface area contributed by atoms with E-state index in [1.807, 2.05) is 0 Å². The van der Waals surface area contributed by atoms with Gasteiger partial charge in [0.1, 0.15) is 0 Å². The molecular formula is C11H18O5. The number of ether oxygens (including phenoxy) is 2. The Kier molecular flexibility index (Phi) is 4.73. The lowest BCUT2D eigenvalue weighted by Gasteiger charge is -2.29. The summed E-state index contributed by atoms with van der Waals surface area (Å²) < 4.78 is 9.20. The normalized spacial score (nSPS) is 25.2. The number of methoxy groups -OCH3 is 2. The number of hydrogen-bond donors (Lipinski definition) is 1. The smallest absolute Gasteiger partial charge is 0.320 e. The quantitative estimate of drug-likeness (QED) is 0.564. The highest BCUT2D eigenvalue weighted by Gasteiger charge is 2.39. The molecule has 5 nitrogen and oxygen atoms in total. The van der Waals surface area contributed by atoms with E-state index in [4.69, 9.17) is 0 Å².